The number of nitro groups is 1. The highest BCUT2D eigenvalue weighted by molar-refractivity contribution is 6.30. The molecule has 0 bridgehead atoms. The van der Waals surface area contributed by atoms with E-state index in [1.54, 1.807) is 24.3 Å². The van der Waals surface area contributed by atoms with Gasteiger partial charge >= 0.3 is 0 Å². The Morgan fingerprint density at radius 3 is 2.50 bits per heavy atom. The molecular weight excluding hydrogens is 384 g/mol. The standard InChI is InChI=1S/C19H19ClN4O4/c1-13(23(2)11-12-27-17-9-5-15(20)6-10-17)18-21-22-19(28-18)14-3-7-16(8-4-14)24(25)26/h3-10,13H,11-12H2,1-2H3/t13-/m1/s1. The second kappa shape index (κ2) is 8.81. The lowest BCUT2D eigenvalue weighted by molar-refractivity contribution is -0.384. The van der Waals surface area contributed by atoms with Gasteiger partial charge in [0.05, 0.1) is 11.0 Å². The Balaban J connectivity index is 1.57. The first-order chi connectivity index (χ1) is 13.4. The molecule has 0 fully saturated rings. The molecule has 0 radical (unpaired) electrons. The predicted molar refractivity (Wildman–Crippen MR) is 104 cm³/mol. The molecule has 1 heterocycles. The Kier molecular flexibility index (Phi) is 6.23. The minimum Gasteiger partial charge on any atom is -0.492 e. The van der Waals surface area contributed by atoms with E-state index in [-0.39, 0.29) is 11.7 Å². The van der Waals surface area contributed by atoms with E-state index < -0.39 is 4.92 Å². The first-order valence-corrected chi connectivity index (χ1v) is 8.98. The second-order valence-corrected chi connectivity index (χ2v) is 6.64. The Hall–Kier alpha value is -2.97. The fourth-order valence-electron chi connectivity index (χ4n) is 2.47. The summed E-state index contributed by atoms with van der Waals surface area (Å²) in [5, 5.41) is 19.5. The van der Waals surface area contributed by atoms with Gasteiger partial charge in [0.2, 0.25) is 11.8 Å². The first kappa shape index (κ1) is 19.8. The first-order valence-electron chi connectivity index (χ1n) is 8.61. The summed E-state index contributed by atoms with van der Waals surface area (Å²) in [6.07, 6.45) is 0. The van der Waals surface area contributed by atoms with E-state index in [1.807, 2.05) is 31.0 Å². The van der Waals surface area contributed by atoms with Crippen molar-refractivity contribution in [3.05, 3.63) is 69.6 Å². The zero-order valence-corrected chi connectivity index (χ0v) is 16.2. The third kappa shape index (κ3) is 4.85. The van der Waals surface area contributed by atoms with E-state index in [4.69, 9.17) is 20.8 Å². The van der Waals surface area contributed by atoms with Crippen molar-refractivity contribution >= 4 is 17.3 Å². The summed E-state index contributed by atoms with van der Waals surface area (Å²) < 4.78 is 11.4. The number of benzene rings is 2. The van der Waals surface area contributed by atoms with E-state index in [0.29, 0.717) is 35.5 Å². The molecule has 0 N–H and O–H groups in total. The Morgan fingerprint density at radius 1 is 1.18 bits per heavy atom. The number of nitro benzene ring substituents is 1. The second-order valence-electron chi connectivity index (χ2n) is 6.21. The van der Waals surface area contributed by atoms with Gasteiger partial charge in [0, 0.05) is 29.3 Å². The molecular formula is C19H19ClN4O4. The van der Waals surface area contributed by atoms with Crippen LogP contribution in [0.5, 0.6) is 5.75 Å². The quantitative estimate of drug-likeness (QED) is 0.407. The molecule has 0 aliphatic rings. The molecule has 0 saturated heterocycles. The number of hydrogen-bond acceptors (Lipinski definition) is 7. The Labute approximate surface area is 166 Å². The average molecular weight is 403 g/mol. The number of hydrogen-bond donors (Lipinski definition) is 0. The molecule has 0 saturated carbocycles. The highest BCUT2D eigenvalue weighted by atomic mass is 35.5. The molecule has 0 unspecified atom stereocenters. The van der Waals surface area contributed by atoms with Gasteiger partial charge in [-0.15, -0.1) is 10.2 Å². The molecule has 1 aromatic heterocycles. The SMILES string of the molecule is C[C@H](c1nnc(-c2ccc([N+](=O)[O-])cc2)o1)N(C)CCOc1ccc(Cl)cc1. The maximum atomic E-state index is 10.7. The number of aromatic nitrogens is 2. The van der Waals surface area contributed by atoms with Gasteiger partial charge in [-0.1, -0.05) is 11.6 Å². The Bertz CT molecular complexity index is 928. The van der Waals surface area contributed by atoms with Crippen molar-refractivity contribution < 1.29 is 14.1 Å². The average Bonchev–Trinajstić information content (AvgIpc) is 3.19. The number of likely N-dealkylation sites (N-methyl/N-ethyl adjacent to an activating group) is 1. The lowest BCUT2D eigenvalue weighted by Gasteiger charge is -2.21. The van der Waals surface area contributed by atoms with Crippen LogP contribution in [0.3, 0.4) is 0 Å². The van der Waals surface area contributed by atoms with Crippen LogP contribution in [-0.4, -0.2) is 40.2 Å². The summed E-state index contributed by atoms with van der Waals surface area (Å²) >= 11 is 5.86. The molecule has 3 aromatic rings. The maximum Gasteiger partial charge on any atom is 0.269 e. The lowest BCUT2D eigenvalue weighted by atomic mass is 10.2. The molecule has 0 spiro atoms. The van der Waals surface area contributed by atoms with Crippen LogP contribution in [0, 0.1) is 10.1 Å². The van der Waals surface area contributed by atoms with Crippen LogP contribution in [0.25, 0.3) is 11.5 Å². The predicted octanol–water partition coefficient (Wildman–Crippen LogP) is 4.37. The summed E-state index contributed by atoms with van der Waals surface area (Å²) in [4.78, 5) is 12.3. The van der Waals surface area contributed by atoms with Gasteiger partial charge in [-0.25, -0.2) is 0 Å². The van der Waals surface area contributed by atoms with Crippen LogP contribution in [0.4, 0.5) is 5.69 Å². The fourth-order valence-corrected chi connectivity index (χ4v) is 2.59. The minimum atomic E-state index is -0.452. The van der Waals surface area contributed by atoms with Gasteiger partial charge < -0.3 is 9.15 Å². The van der Waals surface area contributed by atoms with Crippen molar-refractivity contribution in [3.8, 4) is 17.2 Å². The highest BCUT2D eigenvalue weighted by Gasteiger charge is 2.19. The molecule has 0 aliphatic heterocycles. The summed E-state index contributed by atoms with van der Waals surface area (Å²) in [6.45, 7) is 3.10. The van der Waals surface area contributed by atoms with Crippen molar-refractivity contribution in [2.45, 2.75) is 13.0 Å². The van der Waals surface area contributed by atoms with E-state index in [0.717, 1.165) is 5.75 Å². The number of halogens is 1. The highest BCUT2D eigenvalue weighted by Crippen LogP contribution is 2.25. The van der Waals surface area contributed by atoms with Crippen LogP contribution in [0.2, 0.25) is 5.02 Å². The molecule has 0 aliphatic carbocycles. The van der Waals surface area contributed by atoms with Gasteiger partial charge in [-0.05, 0) is 50.4 Å². The lowest BCUT2D eigenvalue weighted by Crippen LogP contribution is -2.27. The van der Waals surface area contributed by atoms with Gasteiger partial charge in [-0.2, -0.15) is 0 Å². The van der Waals surface area contributed by atoms with E-state index in [2.05, 4.69) is 10.2 Å². The van der Waals surface area contributed by atoms with Crippen molar-refractivity contribution in [3.63, 3.8) is 0 Å². The molecule has 9 heteroatoms. The normalized spacial score (nSPS) is 12.1. The van der Waals surface area contributed by atoms with Crippen LogP contribution in [0.1, 0.15) is 18.9 Å². The van der Waals surface area contributed by atoms with Crippen molar-refractivity contribution in [2.24, 2.45) is 0 Å². The minimum absolute atomic E-state index is 0.0114. The largest absolute Gasteiger partial charge is 0.492 e. The van der Waals surface area contributed by atoms with Crippen molar-refractivity contribution in [2.75, 3.05) is 20.2 Å². The van der Waals surface area contributed by atoms with Gasteiger partial charge in [0.1, 0.15) is 12.4 Å². The zero-order chi connectivity index (χ0) is 20.1. The van der Waals surface area contributed by atoms with Gasteiger partial charge in [-0.3, -0.25) is 15.0 Å². The zero-order valence-electron chi connectivity index (χ0n) is 15.4. The molecule has 1 atom stereocenters. The molecule has 0 amide bonds. The monoisotopic (exact) mass is 402 g/mol. The van der Waals surface area contributed by atoms with Crippen molar-refractivity contribution in [1.29, 1.82) is 0 Å². The third-order valence-electron chi connectivity index (χ3n) is 4.31. The number of ether oxygens (including phenoxy) is 1. The molecule has 3 rings (SSSR count). The third-order valence-corrected chi connectivity index (χ3v) is 4.56. The van der Waals surface area contributed by atoms with Gasteiger partial charge in [0.25, 0.3) is 5.69 Å². The Morgan fingerprint density at radius 2 is 1.86 bits per heavy atom. The molecule has 8 nitrogen and oxygen atoms in total. The summed E-state index contributed by atoms with van der Waals surface area (Å²) in [5.74, 6) is 1.54. The molecule has 28 heavy (non-hydrogen) atoms. The number of non-ortho nitro benzene ring substituents is 1. The smallest absolute Gasteiger partial charge is 0.269 e. The summed E-state index contributed by atoms with van der Waals surface area (Å²) in [5.41, 5.74) is 0.641. The molecule has 2 aromatic carbocycles. The van der Waals surface area contributed by atoms with E-state index >= 15 is 0 Å². The topological polar surface area (TPSA) is 94.5 Å². The maximum absolute atomic E-state index is 10.7. The number of nitrogens with zero attached hydrogens (tertiary/aromatic N) is 4. The van der Waals surface area contributed by atoms with E-state index in [9.17, 15) is 10.1 Å². The molecule has 146 valence electrons. The summed E-state index contributed by atoms with van der Waals surface area (Å²) in [6, 6.07) is 13.1. The summed E-state index contributed by atoms with van der Waals surface area (Å²) in [7, 11) is 1.94. The number of rotatable bonds is 8. The fraction of sp³-hybridized carbons (Fsp3) is 0.263. The van der Waals surface area contributed by atoms with Crippen LogP contribution >= 0.6 is 11.6 Å². The van der Waals surface area contributed by atoms with Crippen LogP contribution in [0.15, 0.2) is 52.9 Å². The van der Waals surface area contributed by atoms with Gasteiger partial charge in [0.15, 0.2) is 0 Å². The van der Waals surface area contributed by atoms with Crippen LogP contribution < -0.4 is 4.74 Å². The van der Waals surface area contributed by atoms with E-state index in [1.165, 1.54) is 12.1 Å². The van der Waals surface area contributed by atoms with Crippen molar-refractivity contribution in [1.82, 2.24) is 15.1 Å². The van der Waals surface area contributed by atoms with Crippen LogP contribution in [-0.2, 0) is 0 Å².